The lowest BCUT2D eigenvalue weighted by Crippen LogP contribution is -1.97. The van der Waals surface area contributed by atoms with Crippen molar-refractivity contribution in [1.29, 1.82) is 0 Å². The summed E-state index contributed by atoms with van der Waals surface area (Å²) in [6.45, 7) is 0. The first-order chi connectivity index (χ1) is 21.8. The molecule has 0 saturated heterocycles. The van der Waals surface area contributed by atoms with Crippen molar-refractivity contribution in [3.63, 3.8) is 0 Å². The van der Waals surface area contributed by atoms with Gasteiger partial charge in [0.2, 0.25) is 0 Å². The molecule has 9 aromatic rings. The minimum absolute atomic E-state index is 0.903. The van der Waals surface area contributed by atoms with Crippen LogP contribution in [0, 0.1) is 0 Å². The fraction of sp³-hybridized carbons (Fsp3) is 0. The van der Waals surface area contributed by atoms with E-state index in [1.807, 2.05) is 0 Å². The van der Waals surface area contributed by atoms with Gasteiger partial charge >= 0.3 is 0 Å². The van der Waals surface area contributed by atoms with Gasteiger partial charge in [-0.3, -0.25) is 0 Å². The molecule has 2 heterocycles. The summed E-state index contributed by atoms with van der Waals surface area (Å²) in [5.41, 5.74) is 8.35. The summed E-state index contributed by atoms with van der Waals surface area (Å²) in [7, 11) is 0. The van der Waals surface area contributed by atoms with Crippen LogP contribution in [-0.4, -0.2) is 4.57 Å². The van der Waals surface area contributed by atoms with Crippen LogP contribution in [0.15, 0.2) is 152 Å². The van der Waals surface area contributed by atoms with Gasteiger partial charge in [0.15, 0.2) is 0 Å². The lowest BCUT2D eigenvalue weighted by Gasteiger charge is -2.22. The molecule has 8 aromatic carbocycles. The second-order valence-electron chi connectivity index (χ2n) is 11.8. The third-order valence-corrected chi connectivity index (χ3v) is 9.33. The van der Waals surface area contributed by atoms with Crippen LogP contribution in [0.1, 0.15) is 0 Å². The molecule has 1 aromatic heterocycles. The number of hydrogen-bond acceptors (Lipinski definition) is 1. The molecule has 2 nitrogen and oxygen atoms in total. The van der Waals surface area contributed by atoms with Crippen LogP contribution in [0.25, 0.3) is 82.1 Å². The van der Waals surface area contributed by atoms with E-state index >= 15 is 0 Å². The number of nitrogens with zero attached hydrogens (tertiary/aromatic N) is 1. The van der Waals surface area contributed by atoms with Crippen LogP contribution in [0.4, 0.5) is 0 Å². The Labute approximate surface area is 254 Å². The molecule has 10 rings (SSSR count). The highest BCUT2D eigenvalue weighted by Crippen LogP contribution is 2.48. The zero-order valence-electron chi connectivity index (χ0n) is 23.8. The standard InChI is InChI=1S/C42H25NO/c1-2-9-29-23-32(19-15-26(29)7-1)43-38-21-17-30(24-36(38)35-20-16-27-8-3-4-12-33(27)42(35)43)31-18-22-39-37(25-31)34-13-5-10-28-11-6-14-40(44-39)41(28)34/h1-25H. The van der Waals surface area contributed by atoms with E-state index < -0.39 is 0 Å². The number of ether oxygens (including phenoxy) is 1. The number of fused-ring (bicyclic) bond motifs is 8. The molecule has 44 heavy (non-hydrogen) atoms. The molecular weight excluding hydrogens is 534 g/mol. The Hall–Kier alpha value is -5.86. The Balaban J connectivity index is 1.22. The van der Waals surface area contributed by atoms with Gasteiger partial charge in [0.1, 0.15) is 11.5 Å². The summed E-state index contributed by atoms with van der Waals surface area (Å²) in [5.74, 6) is 1.83. The van der Waals surface area contributed by atoms with Gasteiger partial charge in [-0.25, -0.2) is 0 Å². The third-order valence-electron chi connectivity index (χ3n) is 9.33. The molecule has 0 radical (unpaired) electrons. The van der Waals surface area contributed by atoms with E-state index in [0.717, 1.165) is 17.1 Å². The van der Waals surface area contributed by atoms with Crippen LogP contribution in [0.5, 0.6) is 11.5 Å². The van der Waals surface area contributed by atoms with Gasteiger partial charge in [-0.2, -0.15) is 0 Å². The number of rotatable bonds is 2. The summed E-state index contributed by atoms with van der Waals surface area (Å²) < 4.78 is 8.83. The average molecular weight is 560 g/mol. The van der Waals surface area contributed by atoms with Gasteiger partial charge in [0.25, 0.3) is 0 Å². The van der Waals surface area contributed by atoms with E-state index in [1.165, 1.54) is 76.5 Å². The fourth-order valence-electron chi connectivity index (χ4n) is 7.29. The monoisotopic (exact) mass is 559 g/mol. The van der Waals surface area contributed by atoms with Crippen molar-refractivity contribution in [2.75, 3.05) is 0 Å². The molecule has 0 N–H and O–H groups in total. The van der Waals surface area contributed by atoms with Crippen molar-refractivity contribution in [2.24, 2.45) is 0 Å². The summed E-state index contributed by atoms with van der Waals surface area (Å²) in [5, 5.41) is 9.88. The molecule has 0 unspecified atom stereocenters. The summed E-state index contributed by atoms with van der Waals surface area (Å²) in [6, 6.07) is 54.9. The van der Waals surface area contributed by atoms with Crippen molar-refractivity contribution < 1.29 is 4.74 Å². The lowest BCUT2D eigenvalue weighted by atomic mass is 9.92. The summed E-state index contributed by atoms with van der Waals surface area (Å²) >= 11 is 0. The zero-order chi connectivity index (χ0) is 28.8. The number of benzene rings is 8. The highest BCUT2D eigenvalue weighted by molar-refractivity contribution is 6.19. The van der Waals surface area contributed by atoms with Gasteiger partial charge in [-0.15, -0.1) is 0 Å². The van der Waals surface area contributed by atoms with E-state index in [4.69, 9.17) is 4.74 Å². The molecule has 204 valence electrons. The minimum Gasteiger partial charge on any atom is -0.456 e. The maximum Gasteiger partial charge on any atom is 0.135 e. The van der Waals surface area contributed by atoms with Crippen molar-refractivity contribution in [3.05, 3.63) is 152 Å². The largest absolute Gasteiger partial charge is 0.456 e. The molecular formula is C42H25NO. The van der Waals surface area contributed by atoms with Crippen LogP contribution in [0.2, 0.25) is 0 Å². The predicted molar refractivity (Wildman–Crippen MR) is 184 cm³/mol. The van der Waals surface area contributed by atoms with Gasteiger partial charge in [0.05, 0.1) is 11.0 Å². The second-order valence-corrected chi connectivity index (χ2v) is 11.8. The molecule has 0 atom stereocenters. The first-order valence-electron chi connectivity index (χ1n) is 15.1. The quantitative estimate of drug-likeness (QED) is 0.205. The second kappa shape index (κ2) is 8.82. The van der Waals surface area contributed by atoms with Crippen LogP contribution >= 0.6 is 0 Å². The molecule has 2 heteroatoms. The van der Waals surface area contributed by atoms with Gasteiger partial charge in [-0.1, -0.05) is 109 Å². The van der Waals surface area contributed by atoms with Crippen LogP contribution < -0.4 is 4.74 Å². The van der Waals surface area contributed by atoms with Crippen LogP contribution in [-0.2, 0) is 0 Å². The topological polar surface area (TPSA) is 14.2 Å². The van der Waals surface area contributed by atoms with E-state index in [1.54, 1.807) is 0 Å². The van der Waals surface area contributed by atoms with Gasteiger partial charge in [0, 0.05) is 32.8 Å². The summed E-state index contributed by atoms with van der Waals surface area (Å²) in [4.78, 5) is 0. The van der Waals surface area contributed by atoms with Crippen molar-refractivity contribution in [3.8, 4) is 39.4 Å². The maximum absolute atomic E-state index is 6.39. The molecule has 0 saturated carbocycles. The van der Waals surface area contributed by atoms with E-state index in [-0.39, 0.29) is 0 Å². The number of aromatic nitrogens is 1. The smallest absolute Gasteiger partial charge is 0.135 e. The highest BCUT2D eigenvalue weighted by atomic mass is 16.5. The zero-order valence-corrected chi connectivity index (χ0v) is 23.8. The van der Waals surface area contributed by atoms with E-state index in [9.17, 15) is 0 Å². The molecule has 0 aliphatic carbocycles. The number of hydrogen-bond donors (Lipinski definition) is 0. The third kappa shape index (κ3) is 3.31. The SMILES string of the molecule is c1ccc2cc(-n3c4ccc(-c5ccc6c(c5)-c5cccc7cccc(c57)O6)cc4c4ccc5ccccc5c43)ccc2c1. The fourth-order valence-corrected chi connectivity index (χ4v) is 7.29. The summed E-state index contributed by atoms with van der Waals surface area (Å²) in [6.07, 6.45) is 0. The van der Waals surface area contributed by atoms with Crippen LogP contribution in [0.3, 0.4) is 0 Å². The Morgan fingerprint density at radius 1 is 0.409 bits per heavy atom. The minimum atomic E-state index is 0.903. The Bertz CT molecular complexity index is 2640. The normalized spacial score (nSPS) is 12.3. The van der Waals surface area contributed by atoms with Gasteiger partial charge < -0.3 is 9.30 Å². The Kier molecular flexibility index (Phi) is 4.75. The molecule has 0 fully saturated rings. The molecule has 0 spiro atoms. The molecule has 0 amide bonds. The average Bonchev–Trinajstić information content (AvgIpc) is 3.42. The first kappa shape index (κ1) is 23.7. The lowest BCUT2D eigenvalue weighted by molar-refractivity contribution is 0.487. The molecule has 1 aliphatic rings. The molecule has 0 bridgehead atoms. The van der Waals surface area contributed by atoms with Crippen molar-refractivity contribution in [2.45, 2.75) is 0 Å². The Morgan fingerprint density at radius 3 is 2.09 bits per heavy atom. The maximum atomic E-state index is 6.39. The van der Waals surface area contributed by atoms with E-state index in [2.05, 4.69) is 156 Å². The van der Waals surface area contributed by atoms with E-state index in [0.29, 0.717) is 0 Å². The Morgan fingerprint density at radius 2 is 1.16 bits per heavy atom. The van der Waals surface area contributed by atoms with Crippen molar-refractivity contribution in [1.82, 2.24) is 4.57 Å². The highest BCUT2D eigenvalue weighted by Gasteiger charge is 2.21. The van der Waals surface area contributed by atoms with Crippen molar-refractivity contribution >= 4 is 54.1 Å². The predicted octanol–water partition coefficient (Wildman–Crippen LogP) is 11.7. The first-order valence-corrected chi connectivity index (χ1v) is 15.1. The molecule has 1 aliphatic heterocycles. The van der Waals surface area contributed by atoms with Gasteiger partial charge in [-0.05, 0) is 80.7 Å².